The summed E-state index contributed by atoms with van der Waals surface area (Å²) in [6, 6.07) is 12.8. The first-order valence-corrected chi connectivity index (χ1v) is 32.8. The molecule has 3 fully saturated rings. The molecule has 0 aliphatic carbocycles. The van der Waals surface area contributed by atoms with Crippen LogP contribution in [0.15, 0.2) is 54.7 Å². The fourth-order valence-electron chi connectivity index (χ4n) is 11.0. The Morgan fingerprint density at radius 1 is 0.710 bits per heavy atom. The van der Waals surface area contributed by atoms with Crippen LogP contribution in [0.2, 0.25) is 0 Å². The number of benzene rings is 2. The fourth-order valence-corrected chi connectivity index (χ4v) is 11.4. The van der Waals surface area contributed by atoms with Crippen molar-refractivity contribution < 1.29 is 76.0 Å². The summed E-state index contributed by atoms with van der Waals surface area (Å²) < 4.78 is 51.0. The van der Waals surface area contributed by atoms with Gasteiger partial charge in [-0.25, -0.2) is 8.78 Å². The van der Waals surface area contributed by atoms with Gasteiger partial charge in [-0.15, -0.1) is 6.42 Å². The zero-order valence-corrected chi connectivity index (χ0v) is 55.0. The van der Waals surface area contributed by atoms with Crippen LogP contribution in [0.25, 0.3) is 10.9 Å². The number of halogens is 3. The number of amides is 6. The first-order chi connectivity index (χ1) is 44.9. The first-order valence-electron chi connectivity index (χ1n) is 31.7. The number of carboxylic acid groups (broad SMARTS) is 1. The van der Waals surface area contributed by atoms with Crippen molar-refractivity contribution in [3.8, 4) is 18.1 Å². The molecule has 5 N–H and O–H groups in total. The maximum atomic E-state index is 14.0. The minimum Gasteiger partial charge on any atom is -0.494 e. The second kappa shape index (κ2) is 40.8. The van der Waals surface area contributed by atoms with E-state index in [1.807, 2.05) is 31.7 Å². The molecule has 2 atom stereocenters. The van der Waals surface area contributed by atoms with E-state index in [-0.39, 0.29) is 83.2 Å². The number of aromatic nitrogens is 1. The summed E-state index contributed by atoms with van der Waals surface area (Å²) in [6.45, 7) is 6.48. The van der Waals surface area contributed by atoms with Gasteiger partial charge in [0.1, 0.15) is 25.3 Å². The van der Waals surface area contributed by atoms with Crippen LogP contribution in [0.3, 0.4) is 0 Å². The van der Waals surface area contributed by atoms with Gasteiger partial charge in [0, 0.05) is 133 Å². The largest absolute Gasteiger partial charge is 0.494 e. The van der Waals surface area contributed by atoms with Crippen LogP contribution in [0.4, 0.5) is 8.78 Å². The highest BCUT2D eigenvalue weighted by molar-refractivity contribution is 14.1. The number of alkyl halides is 2. The number of piperazine rings is 1. The van der Waals surface area contributed by atoms with Crippen LogP contribution in [0, 0.1) is 15.9 Å². The highest BCUT2D eigenvalue weighted by atomic mass is 127. The summed E-state index contributed by atoms with van der Waals surface area (Å²) in [4.78, 5) is 130. The van der Waals surface area contributed by atoms with E-state index in [0.717, 1.165) is 52.9 Å². The van der Waals surface area contributed by atoms with Crippen LogP contribution in [0.1, 0.15) is 80.1 Å². The number of carbonyl (C=O) groups excluding carboxylic acids is 8. The third-order valence-corrected chi connectivity index (χ3v) is 16.9. The molecule has 1 aromatic heterocycles. The fraction of sp³-hybridized carbons (Fsp3) is 0.594. The molecule has 3 aliphatic heterocycles. The van der Waals surface area contributed by atoms with Crippen LogP contribution in [0.5, 0.6) is 5.75 Å². The Hall–Kier alpha value is -7.21. The van der Waals surface area contributed by atoms with Gasteiger partial charge in [0.05, 0.1) is 56.5 Å². The van der Waals surface area contributed by atoms with Gasteiger partial charge in [-0.1, -0.05) is 24.5 Å². The normalized spacial score (nSPS) is 17.4. The number of nitrogens with zero attached hydrogens (tertiary/aromatic N) is 8. The van der Waals surface area contributed by atoms with Crippen molar-refractivity contribution in [2.45, 2.75) is 88.6 Å². The maximum Gasteiger partial charge on any atom is 0.317 e. The van der Waals surface area contributed by atoms with E-state index in [0.29, 0.717) is 134 Å². The lowest BCUT2D eigenvalue weighted by molar-refractivity contribution is -0.139. The van der Waals surface area contributed by atoms with Crippen molar-refractivity contribution in [1.82, 2.24) is 60.6 Å². The quantitative estimate of drug-likeness (QED) is 0.0239. The van der Waals surface area contributed by atoms with E-state index in [1.165, 1.54) is 12.3 Å². The zero-order valence-electron chi connectivity index (χ0n) is 52.8. The topological polar surface area (TPSA) is 294 Å². The molecule has 0 unspecified atom stereocenters. The van der Waals surface area contributed by atoms with Crippen LogP contribution < -0.4 is 26.0 Å². The van der Waals surface area contributed by atoms with Crippen molar-refractivity contribution in [2.24, 2.45) is 0 Å². The summed E-state index contributed by atoms with van der Waals surface area (Å²) in [6.07, 6.45) is 12.0. The predicted octanol–water partition coefficient (Wildman–Crippen LogP) is 2.02. The molecule has 6 rings (SSSR count). The van der Waals surface area contributed by atoms with Crippen LogP contribution in [-0.2, 0) is 59.0 Å². The summed E-state index contributed by atoms with van der Waals surface area (Å²) >= 11 is 2.25. The number of pyridine rings is 1. The molecule has 4 heterocycles. The first kappa shape index (κ1) is 74.8. The van der Waals surface area contributed by atoms with Crippen LogP contribution >= 0.6 is 22.6 Å². The standard InChI is InChI=1S/C64H89F2IN12O14/c1-2-51-40-64(65,66)44-79(51)60(85)41-71-62(88)53-18-21-68-55-17-16-52(39-54(53)55)93-36-7-6-23-73-32-34-78(35-33-73)59(84)11-4-3-5-20-70-63(89)56(19-37-90-38-22-69-57(82)10-8-9-49-12-14-50(67)15-13-49)72-58(83)42-74-24-25-75(43-61(86)87)27-29-77(46-92-48-81)31-30-76(28-26-74)45-91-47-80/h1,12-18,21,39,47-48,51,56H,3-11,19-20,22-38,40-46H2,(H,69,82)(H,70,89)(H,71,88)(H,72,83)(H,86,87)/t51-,56-/m0/s1. The number of carboxylic acids is 1. The molecule has 3 aromatic rings. The number of likely N-dealkylation sites (tertiary alicyclic amines) is 1. The monoisotopic (exact) mass is 1410 g/mol. The van der Waals surface area contributed by atoms with Crippen molar-refractivity contribution in [1.29, 1.82) is 0 Å². The number of hydrogen-bond acceptors (Lipinski definition) is 19. The number of unbranched alkanes of at least 4 members (excludes halogenated alkanes) is 3. The third-order valence-electron chi connectivity index (χ3n) is 16.2. The molecular formula is C64H89F2IN12O14. The molecule has 2 aromatic carbocycles. The average molecular weight is 1420 g/mol. The lowest BCUT2D eigenvalue weighted by Crippen LogP contribution is -2.52. The average Bonchev–Trinajstić information content (AvgIpc) is 1.88. The molecule has 510 valence electrons. The zero-order chi connectivity index (χ0) is 66.8. The van der Waals surface area contributed by atoms with Gasteiger partial charge in [-0.3, -0.25) is 72.6 Å². The number of aliphatic carboxylic acids is 1. The number of aryl methyl sites for hydroxylation is 1. The summed E-state index contributed by atoms with van der Waals surface area (Å²) in [5.41, 5.74) is 1.94. The summed E-state index contributed by atoms with van der Waals surface area (Å²) in [7, 11) is 0. The maximum absolute atomic E-state index is 14.0. The van der Waals surface area contributed by atoms with E-state index in [1.54, 1.807) is 23.1 Å². The molecule has 0 spiro atoms. The number of carbonyl (C=O) groups is 9. The lowest BCUT2D eigenvalue weighted by atomic mass is 10.1. The number of terminal acetylenes is 1. The van der Waals surface area contributed by atoms with Crippen molar-refractivity contribution in [2.75, 3.05) is 158 Å². The number of fused-ring (bicyclic) bond motifs is 1. The molecule has 0 radical (unpaired) electrons. The van der Waals surface area contributed by atoms with Gasteiger partial charge < -0.3 is 55.1 Å². The highest BCUT2D eigenvalue weighted by Gasteiger charge is 2.46. The minimum absolute atomic E-state index is 0.00851. The van der Waals surface area contributed by atoms with Gasteiger partial charge in [-0.2, -0.15) is 0 Å². The lowest BCUT2D eigenvalue weighted by Gasteiger charge is -2.34. The van der Waals surface area contributed by atoms with Crippen molar-refractivity contribution >= 4 is 87.9 Å². The Labute approximate surface area is 555 Å². The molecule has 3 aliphatic rings. The van der Waals surface area contributed by atoms with E-state index in [9.17, 15) is 57.0 Å². The van der Waals surface area contributed by atoms with Gasteiger partial charge in [0.15, 0.2) is 0 Å². The second-order valence-corrected chi connectivity index (χ2v) is 24.4. The van der Waals surface area contributed by atoms with E-state index >= 15 is 0 Å². The number of ether oxygens (including phenoxy) is 4. The van der Waals surface area contributed by atoms with Gasteiger partial charge in [0.25, 0.3) is 24.8 Å². The van der Waals surface area contributed by atoms with Crippen molar-refractivity contribution in [3.63, 3.8) is 0 Å². The van der Waals surface area contributed by atoms with Gasteiger partial charge in [0.2, 0.25) is 29.5 Å². The molecule has 0 saturated carbocycles. The van der Waals surface area contributed by atoms with Gasteiger partial charge >= 0.3 is 5.97 Å². The molecule has 26 nitrogen and oxygen atoms in total. The van der Waals surface area contributed by atoms with E-state index < -0.39 is 67.1 Å². The number of nitrogens with one attached hydrogen (secondary N) is 4. The Kier molecular flexibility index (Phi) is 32.8. The Balaban J connectivity index is 0.904. The minimum atomic E-state index is -3.09. The third kappa shape index (κ3) is 27.7. The van der Waals surface area contributed by atoms with E-state index in [4.69, 9.17) is 25.4 Å². The molecule has 3 saturated heterocycles. The Morgan fingerprint density at radius 3 is 2.04 bits per heavy atom. The number of rotatable bonds is 37. The highest BCUT2D eigenvalue weighted by Crippen LogP contribution is 2.32. The van der Waals surface area contributed by atoms with Gasteiger partial charge in [-0.05, 0) is 116 Å². The summed E-state index contributed by atoms with van der Waals surface area (Å²) in [5.74, 6) is -3.52. The molecule has 6 amide bonds. The molecule has 93 heavy (non-hydrogen) atoms. The Morgan fingerprint density at radius 2 is 1.38 bits per heavy atom. The SMILES string of the molecule is C#C[C@H]1CC(F)(F)CN1C(=O)CNC(=O)c1ccnc2ccc(OCCCCN3CCN(C(=O)CCCCCNC(=O)[C@H](CCOCCNC(=O)CCCc4ccc(I)cc4)NC(=O)CN4CCN(COC=O)CCN(COC=O)CCN(CC(=O)O)CC4)CC3)cc12. The molecule has 0 bridgehead atoms. The smallest absolute Gasteiger partial charge is 0.317 e. The van der Waals surface area contributed by atoms with Crippen LogP contribution in [-0.4, -0.2) is 274 Å². The molecule has 29 heteroatoms. The second-order valence-electron chi connectivity index (χ2n) is 23.2. The van der Waals surface area contributed by atoms with E-state index in [2.05, 4.69) is 71.8 Å². The predicted molar refractivity (Wildman–Crippen MR) is 347 cm³/mol. The number of hydrogen-bond donors (Lipinski definition) is 5. The Bertz CT molecular complexity index is 2940. The van der Waals surface area contributed by atoms with Crippen molar-refractivity contribution in [3.05, 3.63) is 69.4 Å². The molecular weight excluding hydrogens is 1330 g/mol. The summed E-state index contributed by atoms with van der Waals surface area (Å²) in [5, 5.41) is 21.4.